The van der Waals surface area contributed by atoms with Crippen LogP contribution in [0.1, 0.15) is 0 Å². The minimum Gasteiger partial charge on any atom is -0.282 e. The van der Waals surface area contributed by atoms with Gasteiger partial charge in [0.2, 0.25) is 0 Å². The highest BCUT2D eigenvalue weighted by Crippen LogP contribution is 2.24. The number of rotatable bonds is 2. The van der Waals surface area contributed by atoms with Gasteiger partial charge in [0, 0.05) is 5.02 Å². The Morgan fingerprint density at radius 1 is 0.933 bits per heavy atom. The van der Waals surface area contributed by atoms with Gasteiger partial charge in [-0.3, -0.25) is 9.11 Å². The molecule has 0 radical (unpaired) electrons. The van der Waals surface area contributed by atoms with Crippen LogP contribution < -0.4 is 0 Å². The van der Waals surface area contributed by atoms with Crippen LogP contribution in [0.3, 0.4) is 0 Å². The van der Waals surface area contributed by atoms with Gasteiger partial charge in [0.25, 0.3) is 20.2 Å². The topological polar surface area (TPSA) is 109 Å². The predicted molar refractivity (Wildman–Crippen MR) is 51.1 cm³/mol. The molecule has 1 aromatic rings. The summed E-state index contributed by atoms with van der Waals surface area (Å²) in [7, 11) is -9.49. The molecule has 0 bridgehead atoms. The quantitative estimate of drug-likeness (QED) is 0.772. The van der Waals surface area contributed by atoms with Crippen LogP contribution in [0.15, 0.2) is 28.0 Å². The molecule has 0 amide bonds. The second kappa shape index (κ2) is 3.72. The molecule has 84 valence electrons. The maximum atomic E-state index is 10.8. The summed E-state index contributed by atoms with van der Waals surface area (Å²) in [6.07, 6.45) is 0. The summed E-state index contributed by atoms with van der Waals surface area (Å²) >= 11 is 5.42. The monoisotopic (exact) mass is 272 g/mol. The first-order valence-electron chi connectivity index (χ1n) is 3.37. The van der Waals surface area contributed by atoms with Crippen LogP contribution >= 0.6 is 11.6 Å². The molecule has 0 saturated heterocycles. The predicted octanol–water partition coefficient (Wildman–Crippen LogP) is 0.833. The Bertz CT molecular complexity index is 588. The van der Waals surface area contributed by atoms with Crippen LogP contribution in [0, 0.1) is 0 Å². The largest absolute Gasteiger partial charge is 0.295 e. The zero-order chi connectivity index (χ0) is 11.9. The van der Waals surface area contributed by atoms with E-state index in [0.717, 1.165) is 18.2 Å². The third-order valence-corrected chi connectivity index (χ3v) is 3.63. The smallest absolute Gasteiger partial charge is 0.282 e. The van der Waals surface area contributed by atoms with Gasteiger partial charge in [-0.1, -0.05) is 11.6 Å². The van der Waals surface area contributed by atoms with Gasteiger partial charge < -0.3 is 0 Å². The van der Waals surface area contributed by atoms with Crippen LogP contribution in [-0.4, -0.2) is 25.9 Å². The molecule has 6 nitrogen and oxygen atoms in total. The summed E-state index contributed by atoms with van der Waals surface area (Å²) in [5.74, 6) is 0. The lowest BCUT2D eigenvalue weighted by atomic mass is 10.4. The molecule has 0 saturated carbocycles. The maximum absolute atomic E-state index is 10.8. The van der Waals surface area contributed by atoms with Gasteiger partial charge in [0.1, 0.15) is 9.79 Å². The first-order chi connectivity index (χ1) is 6.62. The Kier molecular flexibility index (Phi) is 3.08. The molecule has 0 aliphatic heterocycles. The van der Waals surface area contributed by atoms with E-state index in [1.165, 1.54) is 0 Å². The van der Waals surface area contributed by atoms with E-state index in [4.69, 9.17) is 20.7 Å². The van der Waals surface area contributed by atoms with Gasteiger partial charge in [0.15, 0.2) is 0 Å². The highest BCUT2D eigenvalue weighted by atomic mass is 35.5. The fraction of sp³-hybridized carbons (Fsp3) is 0. The first kappa shape index (κ1) is 12.4. The molecular formula is C6H5ClO6S2. The number of halogens is 1. The molecule has 0 aliphatic carbocycles. The number of hydrogen-bond acceptors (Lipinski definition) is 4. The lowest BCUT2D eigenvalue weighted by molar-refractivity contribution is 0.466. The summed E-state index contributed by atoms with van der Waals surface area (Å²) in [6, 6.07) is 2.57. The average molecular weight is 273 g/mol. The van der Waals surface area contributed by atoms with Crippen molar-refractivity contribution in [3.63, 3.8) is 0 Å². The van der Waals surface area contributed by atoms with E-state index in [1.54, 1.807) is 0 Å². The van der Waals surface area contributed by atoms with Crippen molar-refractivity contribution in [1.29, 1.82) is 0 Å². The first-order valence-corrected chi connectivity index (χ1v) is 6.63. The SMILES string of the molecule is O=S(=O)(O)c1ccc(Cl)cc1S(=O)(=O)O. The third kappa shape index (κ3) is 2.89. The van der Waals surface area contributed by atoms with Crippen molar-refractivity contribution in [2.75, 3.05) is 0 Å². The van der Waals surface area contributed by atoms with E-state index in [-0.39, 0.29) is 5.02 Å². The fourth-order valence-electron chi connectivity index (χ4n) is 0.897. The molecule has 1 rings (SSSR count). The van der Waals surface area contributed by atoms with Crippen LogP contribution in [0.5, 0.6) is 0 Å². The average Bonchev–Trinajstić information content (AvgIpc) is 2.00. The molecule has 2 N–H and O–H groups in total. The van der Waals surface area contributed by atoms with E-state index < -0.39 is 30.0 Å². The lowest BCUT2D eigenvalue weighted by Crippen LogP contribution is -2.08. The Balaban J connectivity index is 3.71. The van der Waals surface area contributed by atoms with Crippen molar-refractivity contribution in [2.24, 2.45) is 0 Å². The summed E-state index contributed by atoms with van der Waals surface area (Å²) < 4.78 is 60.4. The molecule has 0 spiro atoms. The molecule has 15 heavy (non-hydrogen) atoms. The van der Waals surface area contributed by atoms with Gasteiger partial charge in [-0.15, -0.1) is 0 Å². The van der Waals surface area contributed by atoms with Gasteiger partial charge >= 0.3 is 0 Å². The Hall–Kier alpha value is -0.670. The van der Waals surface area contributed by atoms with E-state index in [1.807, 2.05) is 0 Å². The second-order valence-electron chi connectivity index (χ2n) is 2.54. The van der Waals surface area contributed by atoms with Crippen LogP contribution in [0.25, 0.3) is 0 Å². The number of hydrogen-bond donors (Lipinski definition) is 2. The summed E-state index contributed by atoms with van der Waals surface area (Å²) in [5.41, 5.74) is 0. The highest BCUT2D eigenvalue weighted by Gasteiger charge is 2.23. The summed E-state index contributed by atoms with van der Waals surface area (Å²) in [6.45, 7) is 0. The van der Waals surface area contributed by atoms with Gasteiger partial charge in [0.05, 0.1) is 0 Å². The minimum absolute atomic E-state index is 0.0879. The Morgan fingerprint density at radius 3 is 1.80 bits per heavy atom. The molecule has 0 aromatic heterocycles. The Labute approximate surface area is 91.0 Å². The molecule has 0 fully saturated rings. The van der Waals surface area contributed by atoms with Gasteiger partial charge in [-0.2, -0.15) is 16.8 Å². The molecular weight excluding hydrogens is 268 g/mol. The third-order valence-electron chi connectivity index (χ3n) is 1.46. The standard InChI is InChI=1S/C6H5ClO6S2/c7-4-1-2-5(14(8,9)10)6(3-4)15(11,12)13/h1-3H,(H,8,9,10)(H,11,12,13). The zero-order valence-corrected chi connectivity index (χ0v) is 9.34. The van der Waals surface area contributed by atoms with Crippen molar-refractivity contribution in [2.45, 2.75) is 9.79 Å². The summed E-state index contributed by atoms with van der Waals surface area (Å²) in [5, 5.41) is -0.0879. The van der Waals surface area contributed by atoms with Crippen molar-refractivity contribution < 1.29 is 25.9 Å². The maximum Gasteiger partial charge on any atom is 0.295 e. The van der Waals surface area contributed by atoms with Crippen molar-refractivity contribution in [1.82, 2.24) is 0 Å². The van der Waals surface area contributed by atoms with Crippen molar-refractivity contribution in [3.8, 4) is 0 Å². The highest BCUT2D eigenvalue weighted by molar-refractivity contribution is 7.89. The molecule has 0 unspecified atom stereocenters. The fourth-order valence-corrected chi connectivity index (χ4v) is 2.92. The molecule has 0 aliphatic rings. The van der Waals surface area contributed by atoms with E-state index in [2.05, 4.69) is 0 Å². The molecule has 0 atom stereocenters. The van der Waals surface area contributed by atoms with Crippen LogP contribution in [0.2, 0.25) is 5.02 Å². The molecule has 9 heteroatoms. The number of benzene rings is 1. The normalized spacial score (nSPS) is 12.7. The van der Waals surface area contributed by atoms with E-state index in [9.17, 15) is 16.8 Å². The van der Waals surface area contributed by atoms with Gasteiger partial charge in [-0.05, 0) is 18.2 Å². The van der Waals surface area contributed by atoms with Crippen LogP contribution in [0.4, 0.5) is 0 Å². The minimum atomic E-state index is -4.76. The zero-order valence-electron chi connectivity index (χ0n) is 6.95. The second-order valence-corrected chi connectivity index (χ2v) is 5.76. The molecule has 0 heterocycles. The van der Waals surface area contributed by atoms with E-state index in [0.29, 0.717) is 0 Å². The summed E-state index contributed by atoms with van der Waals surface area (Å²) in [4.78, 5) is -1.88. The van der Waals surface area contributed by atoms with E-state index >= 15 is 0 Å². The molecule has 1 aromatic carbocycles. The van der Waals surface area contributed by atoms with Gasteiger partial charge in [-0.25, -0.2) is 0 Å². The Morgan fingerprint density at radius 2 is 1.40 bits per heavy atom. The van der Waals surface area contributed by atoms with Crippen LogP contribution in [-0.2, 0) is 20.2 Å². The van der Waals surface area contributed by atoms with Crippen molar-refractivity contribution in [3.05, 3.63) is 23.2 Å². The lowest BCUT2D eigenvalue weighted by Gasteiger charge is -2.03. The van der Waals surface area contributed by atoms with Crippen molar-refractivity contribution >= 4 is 31.8 Å².